The molecule has 1 heterocycles. The molecule has 1 saturated carbocycles. The third kappa shape index (κ3) is 5.74. The Balaban J connectivity index is 1.83. The third-order valence-electron chi connectivity index (χ3n) is 4.96. The average Bonchev–Trinajstić information content (AvgIpc) is 2.87. The first-order valence-electron chi connectivity index (χ1n) is 9.18. The van der Waals surface area contributed by atoms with Gasteiger partial charge in [-0.2, -0.15) is 0 Å². The van der Waals surface area contributed by atoms with Crippen molar-refractivity contribution < 1.29 is 14.3 Å². The molecule has 1 fully saturated rings. The molecule has 0 aliphatic heterocycles. The minimum Gasteiger partial charge on any atom is -0.383 e. The SMILES string of the molecule is COCCn1c(SCC(=O)NC(=O)NC2CCCCC2C)nc(C)c1C. The highest BCUT2D eigenvalue weighted by atomic mass is 32.2. The molecule has 1 aliphatic carbocycles. The van der Waals surface area contributed by atoms with E-state index in [2.05, 4.69) is 22.5 Å². The lowest BCUT2D eigenvalue weighted by molar-refractivity contribution is -0.117. The summed E-state index contributed by atoms with van der Waals surface area (Å²) in [6.07, 6.45) is 4.44. The average molecular weight is 383 g/mol. The Hall–Kier alpha value is -1.54. The van der Waals surface area contributed by atoms with Crippen molar-refractivity contribution in [2.24, 2.45) is 5.92 Å². The Labute approximate surface area is 159 Å². The van der Waals surface area contributed by atoms with Crippen LogP contribution in [0, 0.1) is 19.8 Å². The van der Waals surface area contributed by atoms with E-state index < -0.39 is 6.03 Å². The molecule has 2 unspecified atom stereocenters. The fourth-order valence-electron chi connectivity index (χ4n) is 3.21. The van der Waals surface area contributed by atoms with Crippen molar-refractivity contribution in [1.29, 1.82) is 0 Å². The minimum atomic E-state index is -0.399. The lowest BCUT2D eigenvalue weighted by atomic mass is 9.86. The third-order valence-corrected chi connectivity index (χ3v) is 5.93. The molecule has 0 aromatic carbocycles. The summed E-state index contributed by atoms with van der Waals surface area (Å²) in [5.74, 6) is 0.294. The molecule has 2 N–H and O–H groups in total. The normalized spacial score (nSPS) is 20.0. The number of imidazole rings is 1. The lowest BCUT2D eigenvalue weighted by Gasteiger charge is -2.29. The number of rotatable bonds is 7. The van der Waals surface area contributed by atoms with Gasteiger partial charge in [0, 0.05) is 25.4 Å². The number of urea groups is 1. The summed E-state index contributed by atoms with van der Waals surface area (Å²) in [4.78, 5) is 28.7. The number of ether oxygens (including phenoxy) is 1. The highest BCUT2D eigenvalue weighted by Crippen LogP contribution is 2.23. The van der Waals surface area contributed by atoms with Crippen molar-refractivity contribution in [3.63, 3.8) is 0 Å². The summed E-state index contributed by atoms with van der Waals surface area (Å²) in [6, 6.07) is -0.244. The first-order valence-corrected chi connectivity index (χ1v) is 10.2. The number of hydrogen-bond donors (Lipinski definition) is 2. The number of aromatic nitrogens is 2. The van der Waals surface area contributed by atoms with Crippen molar-refractivity contribution in [2.45, 2.75) is 64.2 Å². The van der Waals surface area contributed by atoms with Gasteiger partial charge in [-0.1, -0.05) is 31.5 Å². The summed E-state index contributed by atoms with van der Waals surface area (Å²) < 4.78 is 7.18. The molecule has 2 rings (SSSR count). The molecule has 2 atom stereocenters. The summed E-state index contributed by atoms with van der Waals surface area (Å²) >= 11 is 1.33. The first-order chi connectivity index (χ1) is 12.4. The number of carbonyl (C=O) groups is 2. The number of hydrogen-bond acceptors (Lipinski definition) is 5. The Morgan fingerprint density at radius 3 is 2.73 bits per heavy atom. The van der Waals surface area contributed by atoms with Crippen LogP contribution in [0.25, 0.3) is 0 Å². The van der Waals surface area contributed by atoms with E-state index in [1.54, 1.807) is 7.11 Å². The maximum atomic E-state index is 12.1. The fraction of sp³-hybridized carbons (Fsp3) is 0.722. The first kappa shape index (κ1) is 20.8. The number of carbonyl (C=O) groups excluding carboxylic acids is 2. The van der Waals surface area contributed by atoms with Gasteiger partial charge in [0.15, 0.2) is 5.16 Å². The van der Waals surface area contributed by atoms with Gasteiger partial charge >= 0.3 is 6.03 Å². The maximum Gasteiger partial charge on any atom is 0.321 e. The van der Waals surface area contributed by atoms with Crippen LogP contribution < -0.4 is 10.6 Å². The monoisotopic (exact) mass is 382 g/mol. The van der Waals surface area contributed by atoms with Crippen LogP contribution in [0.3, 0.4) is 0 Å². The second-order valence-electron chi connectivity index (χ2n) is 6.89. The number of aryl methyl sites for hydroxylation is 1. The molecule has 1 aromatic rings. The number of nitrogens with one attached hydrogen (secondary N) is 2. The van der Waals surface area contributed by atoms with Crippen LogP contribution in [0.1, 0.15) is 44.0 Å². The lowest BCUT2D eigenvalue weighted by Crippen LogP contribution is -2.48. The van der Waals surface area contributed by atoms with Gasteiger partial charge in [-0.15, -0.1) is 0 Å². The summed E-state index contributed by atoms with van der Waals surface area (Å²) in [7, 11) is 1.66. The van der Waals surface area contributed by atoms with Crippen LogP contribution in [0.4, 0.5) is 4.79 Å². The minimum absolute atomic E-state index is 0.149. The number of methoxy groups -OCH3 is 1. The number of nitrogens with zero attached hydrogens (tertiary/aromatic N) is 2. The molecule has 0 spiro atoms. The van der Waals surface area contributed by atoms with Crippen LogP contribution in [-0.2, 0) is 16.1 Å². The standard InChI is InChI=1S/C18H30N4O3S/c1-12-7-5-6-8-15(12)20-17(24)21-16(23)11-26-18-19-13(2)14(3)22(18)9-10-25-4/h12,15H,5-11H2,1-4H3,(H2,20,21,23,24). The fourth-order valence-corrected chi connectivity index (χ4v) is 4.13. The van der Waals surface area contributed by atoms with E-state index in [0.29, 0.717) is 19.1 Å². The van der Waals surface area contributed by atoms with Crippen LogP contribution in [0.5, 0.6) is 0 Å². The predicted molar refractivity (Wildman–Crippen MR) is 102 cm³/mol. The molecule has 0 bridgehead atoms. The van der Waals surface area contributed by atoms with E-state index in [9.17, 15) is 9.59 Å². The summed E-state index contributed by atoms with van der Waals surface area (Å²) in [5.41, 5.74) is 2.00. The van der Waals surface area contributed by atoms with Gasteiger partial charge in [0.25, 0.3) is 0 Å². The maximum absolute atomic E-state index is 12.1. The van der Waals surface area contributed by atoms with Crippen LogP contribution in [-0.4, -0.2) is 47.0 Å². The van der Waals surface area contributed by atoms with Gasteiger partial charge in [-0.3, -0.25) is 10.1 Å². The van der Waals surface area contributed by atoms with Gasteiger partial charge in [0.2, 0.25) is 5.91 Å². The highest BCUT2D eigenvalue weighted by Gasteiger charge is 2.23. The molecule has 146 valence electrons. The van der Waals surface area contributed by atoms with Gasteiger partial charge < -0.3 is 14.6 Å². The molecule has 26 heavy (non-hydrogen) atoms. The van der Waals surface area contributed by atoms with E-state index >= 15 is 0 Å². The molecule has 8 heteroatoms. The van der Waals surface area contributed by atoms with E-state index in [1.165, 1.54) is 18.2 Å². The summed E-state index contributed by atoms with van der Waals surface area (Å²) in [6.45, 7) is 7.36. The Bertz CT molecular complexity index is 632. The van der Waals surface area contributed by atoms with E-state index in [-0.39, 0.29) is 17.7 Å². The zero-order chi connectivity index (χ0) is 19.1. The molecule has 1 aromatic heterocycles. The van der Waals surface area contributed by atoms with Crippen molar-refractivity contribution in [1.82, 2.24) is 20.2 Å². The molecule has 3 amide bonds. The highest BCUT2D eigenvalue weighted by molar-refractivity contribution is 7.99. The Morgan fingerprint density at radius 2 is 2.04 bits per heavy atom. The van der Waals surface area contributed by atoms with Crippen LogP contribution >= 0.6 is 11.8 Å². The largest absolute Gasteiger partial charge is 0.383 e. The second kappa shape index (κ2) is 9.97. The van der Waals surface area contributed by atoms with Gasteiger partial charge in [0.1, 0.15) is 0 Å². The van der Waals surface area contributed by atoms with E-state index in [0.717, 1.165) is 35.8 Å². The number of thioether (sulfide) groups is 1. The van der Waals surface area contributed by atoms with E-state index in [4.69, 9.17) is 4.74 Å². The van der Waals surface area contributed by atoms with Crippen molar-refractivity contribution in [2.75, 3.05) is 19.5 Å². The quantitative estimate of drug-likeness (QED) is 0.708. The Morgan fingerprint density at radius 1 is 1.31 bits per heavy atom. The zero-order valence-corrected chi connectivity index (χ0v) is 16.9. The molecule has 0 saturated heterocycles. The molecule has 1 aliphatic rings. The topological polar surface area (TPSA) is 85.2 Å². The molecule has 0 radical (unpaired) electrons. The van der Waals surface area contributed by atoms with Gasteiger partial charge in [-0.25, -0.2) is 9.78 Å². The second-order valence-corrected chi connectivity index (χ2v) is 7.83. The van der Waals surface area contributed by atoms with Crippen molar-refractivity contribution in [3.05, 3.63) is 11.4 Å². The van der Waals surface area contributed by atoms with Crippen molar-refractivity contribution >= 4 is 23.7 Å². The van der Waals surface area contributed by atoms with E-state index in [1.807, 2.05) is 18.4 Å². The van der Waals surface area contributed by atoms with Crippen LogP contribution in [0.2, 0.25) is 0 Å². The molecular formula is C18H30N4O3S. The van der Waals surface area contributed by atoms with Crippen molar-refractivity contribution in [3.8, 4) is 0 Å². The smallest absolute Gasteiger partial charge is 0.321 e. The van der Waals surface area contributed by atoms with Crippen LogP contribution in [0.15, 0.2) is 5.16 Å². The molecular weight excluding hydrogens is 352 g/mol. The summed E-state index contributed by atoms with van der Waals surface area (Å²) in [5, 5.41) is 6.14. The number of amides is 3. The molecule has 7 nitrogen and oxygen atoms in total. The van der Waals surface area contributed by atoms with Gasteiger partial charge in [-0.05, 0) is 32.6 Å². The van der Waals surface area contributed by atoms with Gasteiger partial charge in [0.05, 0.1) is 18.1 Å². The Kier molecular flexibility index (Phi) is 7.96. The predicted octanol–water partition coefficient (Wildman–Crippen LogP) is 2.64. The zero-order valence-electron chi connectivity index (χ0n) is 16.1. The number of imide groups is 1.